The van der Waals surface area contributed by atoms with Crippen molar-refractivity contribution in [3.8, 4) is 0 Å². The predicted molar refractivity (Wildman–Crippen MR) is 53.3 cm³/mol. The highest BCUT2D eigenvalue weighted by molar-refractivity contribution is 5.88. The first kappa shape index (κ1) is 12.7. The normalized spacial score (nSPS) is 8.93. The second-order valence-corrected chi connectivity index (χ2v) is 2.43. The molecule has 0 saturated heterocycles. The van der Waals surface area contributed by atoms with Crippen LogP contribution in [-0.2, 0) is 4.74 Å². The van der Waals surface area contributed by atoms with Crippen molar-refractivity contribution >= 4 is 5.97 Å². The largest absolute Gasteiger partial charge is 0.461 e. The van der Waals surface area contributed by atoms with E-state index in [1.165, 1.54) is 0 Å². The van der Waals surface area contributed by atoms with Gasteiger partial charge in [-0.05, 0) is 20.8 Å². The summed E-state index contributed by atoms with van der Waals surface area (Å²) >= 11 is 0. The summed E-state index contributed by atoms with van der Waals surface area (Å²) < 4.78 is 9.57. The van der Waals surface area contributed by atoms with E-state index in [0.29, 0.717) is 12.4 Å². The van der Waals surface area contributed by atoms with E-state index >= 15 is 0 Å². The van der Waals surface area contributed by atoms with Gasteiger partial charge in [0.05, 0.1) is 6.61 Å². The average molecular weight is 199 g/mol. The third-order valence-corrected chi connectivity index (χ3v) is 1.63. The summed E-state index contributed by atoms with van der Waals surface area (Å²) in [6, 6.07) is 0. The summed E-state index contributed by atoms with van der Waals surface area (Å²) in [5.74, 6) is 0.227. The molecule has 0 amide bonds. The number of aryl methyl sites for hydroxylation is 1. The van der Waals surface area contributed by atoms with Crippen molar-refractivity contribution in [1.29, 1.82) is 0 Å². The van der Waals surface area contributed by atoms with Crippen LogP contribution in [0.2, 0.25) is 0 Å². The fourth-order valence-electron chi connectivity index (χ4n) is 0.808. The molecule has 14 heavy (non-hydrogen) atoms. The van der Waals surface area contributed by atoms with Gasteiger partial charge in [-0.3, -0.25) is 0 Å². The van der Waals surface area contributed by atoms with Crippen LogP contribution in [0.4, 0.5) is 0 Å². The molecule has 80 valence electrons. The fourth-order valence-corrected chi connectivity index (χ4v) is 0.808. The Morgan fingerprint density at radius 1 is 1.43 bits per heavy atom. The molecule has 0 aliphatic heterocycles. The number of hydrogen-bond acceptors (Lipinski definition) is 4. The standard InChI is InChI=1S/C8H11NO3.C2H6/c1-4-11-8(10)7-5(2)6(3)12-9-7;1-2/h4H2,1-3H3;1-2H3. The second-order valence-electron chi connectivity index (χ2n) is 2.43. The maximum Gasteiger partial charge on any atom is 0.360 e. The molecule has 1 rings (SSSR count). The first-order valence-electron chi connectivity index (χ1n) is 4.76. The molecule has 1 aromatic rings. The van der Waals surface area contributed by atoms with Crippen molar-refractivity contribution in [2.24, 2.45) is 0 Å². The Balaban J connectivity index is 0.000000791. The van der Waals surface area contributed by atoms with Crippen molar-refractivity contribution in [2.45, 2.75) is 34.6 Å². The molecule has 0 aliphatic carbocycles. The van der Waals surface area contributed by atoms with Crippen LogP contribution >= 0.6 is 0 Å². The Hall–Kier alpha value is -1.32. The Labute approximate surface area is 84.2 Å². The molecule has 4 nitrogen and oxygen atoms in total. The van der Waals surface area contributed by atoms with Gasteiger partial charge in [-0.25, -0.2) is 4.79 Å². The summed E-state index contributed by atoms with van der Waals surface area (Å²) in [5, 5.41) is 3.58. The monoisotopic (exact) mass is 199 g/mol. The number of hydrogen-bond donors (Lipinski definition) is 0. The number of carbonyl (C=O) groups excluding carboxylic acids is 1. The molecule has 1 heterocycles. The Bertz CT molecular complexity index is 292. The first-order chi connectivity index (χ1) is 6.66. The molecule has 0 saturated carbocycles. The van der Waals surface area contributed by atoms with Gasteiger partial charge in [0.15, 0.2) is 5.69 Å². The summed E-state index contributed by atoms with van der Waals surface area (Å²) in [4.78, 5) is 11.1. The molecule has 0 spiro atoms. The van der Waals surface area contributed by atoms with Gasteiger partial charge in [0.25, 0.3) is 0 Å². The van der Waals surface area contributed by atoms with E-state index in [9.17, 15) is 4.79 Å². The van der Waals surface area contributed by atoms with E-state index < -0.39 is 5.97 Å². The van der Waals surface area contributed by atoms with Crippen molar-refractivity contribution in [1.82, 2.24) is 5.16 Å². The van der Waals surface area contributed by atoms with Crippen LogP contribution in [0.3, 0.4) is 0 Å². The van der Waals surface area contributed by atoms with E-state index in [2.05, 4.69) is 5.16 Å². The van der Waals surface area contributed by atoms with Gasteiger partial charge in [0, 0.05) is 5.56 Å². The van der Waals surface area contributed by atoms with Crippen LogP contribution < -0.4 is 0 Å². The van der Waals surface area contributed by atoms with E-state index in [1.807, 2.05) is 13.8 Å². The molecule has 0 fully saturated rings. The van der Waals surface area contributed by atoms with Crippen LogP contribution in [0.1, 0.15) is 42.6 Å². The van der Waals surface area contributed by atoms with Gasteiger partial charge in [-0.15, -0.1) is 0 Å². The lowest BCUT2D eigenvalue weighted by Crippen LogP contribution is -2.06. The Morgan fingerprint density at radius 2 is 2.00 bits per heavy atom. The molecular weight excluding hydrogens is 182 g/mol. The Kier molecular flexibility index (Phi) is 5.60. The van der Waals surface area contributed by atoms with Crippen LogP contribution in [-0.4, -0.2) is 17.7 Å². The molecule has 0 aliphatic rings. The number of nitrogens with zero attached hydrogens (tertiary/aromatic N) is 1. The summed E-state index contributed by atoms with van der Waals surface area (Å²) in [7, 11) is 0. The van der Waals surface area contributed by atoms with Gasteiger partial charge < -0.3 is 9.26 Å². The lowest BCUT2D eigenvalue weighted by atomic mass is 10.2. The summed E-state index contributed by atoms with van der Waals surface area (Å²) in [5.41, 5.74) is 1.02. The highest BCUT2D eigenvalue weighted by atomic mass is 16.5. The first-order valence-corrected chi connectivity index (χ1v) is 4.76. The van der Waals surface area contributed by atoms with Crippen LogP contribution in [0.15, 0.2) is 4.52 Å². The maximum atomic E-state index is 11.1. The smallest absolute Gasteiger partial charge is 0.360 e. The van der Waals surface area contributed by atoms with E-state index in [0.717, 1.165) is 5.56 Å². The van der Waals surface area contributed by atoms with Gasteiger partial charge in [0.2, 0.25) is 0 Å². The lowest BCUT2D eigenvalue weighted by Gasteiger charge is -1.96. The van der Waals surface area contributed by atoms with Crippen molar-refractivity contribution < 1.29 is 14.1 Å². The Morgan fingerprint density at radius 3 is 2.36 bits per heavy atom. The van der Waals surface area contributed by atoms with Crippen molar-refractivity contribution in [3.63, 3.8) is 0 Å². The number of rotatable bonds is 2. The van der Waals surface area contributed by atoms with Gasteiger partial charge in [-0.2, -0.15) is 0 Å². The topological polar surface area (TPSA) is 52.3 Å². The van der Waals surface area contributed by atoms with Crippen molar-refractivity contribution in [2.75, 3.05) is 6.61 Å². The average Bonchev–Trinajstić information content (AvgIpc) is 2.51. The SMILES string of the molecule is CC.CCOC(=O)c1noc(C)c1C. The zero-order chi connectivity index (χ0) is 11.1. The van der Waals surface area contributed by atoms with E-state index in [4.69, 9.17) is 9.26 Å². The minimum atomic E-state index is -0.424. The second kappa shape index (κ2) is 6.18. The molecule has 0 radical (unpaired) electrons. The van der Waals surface area contributed by atoms with Crippen LogP contribution in [0.25, 0.3) is 0 Å². The molecule has 0 N–H and O–H groups in total. The predicted octanol–water partition coefficient (Wildman–Crippen LogP) is 2.49. The van der Waals surface area contributed by atoms with Crippen LogP contribution in [0, 0.1) is 13.8 Å². The molecule has 0 atom stereocenters. The zero-order valence-electron chi connectivity index (χ0n) is 9.38. The minimum Gasteiger partial charge on any atom is -0.461 e. The highest BCUT2D eigenvalue weighted by Gasteiger charge is 2.16. The van der Waals surface area contributed by atoms with Crippen LogP contribution in [0.5, 0.6) is 0 Å². The molecule has 0 aromatic carbocycles. The highest BCUT2D eigenvalue weighted by Crippen LogP contribution is 2.11. The number of aromatic nitrogens is 1. The summed E-state index contributed by atoms with van der Waals surface area (Å²) in [6.07, 6.45) is 0. The molecule has 0 bridgehead atoms. The van der Waals surface area contributed by atoms with E-state index in [1.54, 1.807) is 20.8 Å². The number of ether oxygens (including phenoxy) is 1. The third kappa shape index (κ3) is 2.87. The number of esters is 1. The molecule has 4 heteroatoms. The number of carbonyl (C=O) groups is 1. The molecule has 1 aromatic heterocycles. The molecular formula is C10H17NO3. The maximum absolute atomic E-state index is 11.1. The minimum absolute atomic E-state index is 0.273. The molecule has 0 unspecified atom stereocenters. The lowest BCUT2D eigenvalue weighted by molar-refractivity contribution is 0.0514. The van der Waals surface area contributed by atoms with Crippen molar-refractivity contribution in [3.05, 3.63) is 17.0 Å². The quantitative estimate of drug-likeness (QED) is 0.687. The summed E-state index contributed by atoms with van der Waals surface area (Å²) in [6.45, 7) is 9.63. The third-order valence-electron chi connectivity index (χ3n) is 1.63. The zero-order valence-corrected chi connectivity index (χ0v) is 9.38. The fraction of sp³-hybridized carbons (Fsp3) is 0.600. The van der Waals surface area contributed by atoms with E-state index in [-0.39, 0.29) is 5.69 Å². The van der Waals surface area contributed by atoms with Gasteiger partial charge in [0.1, 0.15) is 5.76 Å². The van der Waals surface area contributed by atoms with Gasteiger partial charge >= 0.3 is 5.97 Å². The van der Waals surface area contributed by atoms with Gasteiger partial charge in [-0.1, -0.05) is 19.0 Å².